The molecule has 110 valence electrons. The number of hydrogen-bond donors (Lipinski definition) is 3. The predicted molar refractivity (Wildman–Crippen MR) is 85.6 cm³/mol. The van der Waals surface area contributed by atoms with Gasteiger partial charge in [0.15, 0.2) is 0 Å². The standard InChI is InChI=1S/C14H22N4OS/c1-4-6-15-13-17-11(16-8-14(2,3)9-19)10-5-7-20-12(10)18-13/h5,7,19H,4,6,8-9H2,1-3H3,(H2,15,16,17,18). The molecule has 0 amide bonds. The minimum Gasteiger partial charge on any atom is -0.396 e. The molecule has 2 rings (SSSR count). The first kappa shape index (κ1) is 15.0. The first-order valence-electron chi connectivity index (χ1n) is 6.89. The number of nitrogens with one attached hydrogen (secondary N) is 2. The summed E-state index contributed by atoms with van der Waals surface area (Å²) in [6.45, 7) is 7.81. The molecule has 5 nitrogen and oxygen atoms in total. The van der Waals surface area contributed by atoms with E-state index >= 15 is 0 Å². The lowest BCUT2D eigenvalue weighted by Gasteiger charge is -2.22. The van der Waals surface area contributed by atoms with Gasteiger partial charge in [0.25, 0.3) is 0 Å². The van der Waals surface area contributed by atoms with E-state index in [0.29, 0.717) is 12.5 Å². The van der Waals surface area contributed by atoms with Crippen LogP contribution in [0.4, 0.5) is 11.8 Å². The van der Waals surface area contributed by atoms with E-state index < -0.39 is 0 Å². The summed E-state index contributed by atoms with van der Waals surface area (Å²) in [5, 5.41) is 18.9. The average molecular weight is 294 g/mol. The minimum absolute atomic E-state index is 0.138. The van der Waals surface area contributed by atoms with E-state index in [1.165, 1.54) is 0 Å². The van der Waals surface area contributed by atoms with Gasteiger partial charge in [0, 0.05) is 25.1 Å². The summed E-state index contributed by atoms with van der Waals surface area (Å²) < 4.78 is 0. The number of thiophene rings is 1. The molecule has 0 bridgehead atoms. The summed E-state index contributed by atoms with van der Waals surface area (Å²) in [7, 11) is 0. The molecule has 0 aliphatic heterocycles. The van der Waals surface area contributed by atoms with Crippen LogP contribution in [0.25, 0.3) is 10.2 Å². The number of rotatable bonds is 7. The van der Waals surface area contributed by atoms with Crippen LogP contribution in [0.3, 0.4) is 0 Å². The molecule has 20 heavy (non-hydrogen) atoms. The molecular weight excluding hydrogens is 272 g/mol. The molecule has 0 aromatic carbocycles. The van der Waals surface area contributed by atoms with Crippen LogP contribution in [0.1, 0.15) is 27.2 Å². The van der Waals surface area contributed by atoms with Crippen LogP contribution in [0.2, 0.25) is 0 Å². The number of aliphatic hydroxyl groups is 1. The first-order chi connectivity index (χ1) is 9.55. The minimum atomic E-state index is -0.176. The van der Waals surface area contributed by atoms with Crippen molar-refractivity contribution in [3.05, 3.63) is 11.4 Å². The molecule has 0 aliphatic carbocycles. The van der Waals surface area contributed by atoms with E-state index in [0.717, 1.165) is 29.0 Å². The Kier molecular flexibility index (Phi) is 4.77. The van der Waals surface area contributed by atoms with E-state index in [2.05, 4.69) is 27.5 Å². The summed E-state index contributed by atoms with van der Waals surface area (Å²) >= 11 is 1.61. The zero-order valence-electron chi connectivity index (χ0n) is 12.2. The highest BCUT2D eigenvalue weighted by Gasteiger charge is 2.17. The third-order valence-corrected chi connectivity index (χ3v) is 3.83. The topological polar surface area (TPSA) is 70.1 Å². The van der Waals surface area contributed by atoms with Crippen LogP contribution in [-0.2, 0) is 0 Å². The van der Waals surface area contributed by atoms with Crippen molar-refractivity contribution in [1.82, 2.24) is 9.97 Å². The Bertz CT molecular complexity index is 567. The van der Waals surface area contributed by atoms with Gasteiger partial charge >= 0.3 is 0 Å². The van der Waals surface area contributed by atoms with Gasteiger partial charge in [-0.15, -0.1) is 11.3 Å². The molecule has 0 radical (unpaired) electrons. The Balaban J connectivity index is 2.23. The predicted octanol–water partition coefficient (Wildman–Crippen LogP) is 2.94. The van der Waals surface area contributed by atoms with Gasteiger partial charge in [-0.1, -0.05) is 20.8 Å². The van der Waals surface area contributed by atoms with Crippen molar-refractivity contribution in [3.63, 3.8) is 0 Å². The fourth-order valence-corrected chi connectivity index (χ4v) is 2.45. The number of aromatic nitrogens is 2. The number of nitrogens with zero attached hydrogens (tertiary/aromatic N) is 2. The van der Waals surface area contributed by atoms with Crippen molar-refractivity contribution in [2.75, 3.05) is 30.3 Å². The molecule has 0 spiro atoms. The van der Waals surface area contributed by atoms with Crippen molar-refractivity contribution < 1.29 is 5.11 Å². The number of hydrogen-bond acceptors (Lipinski definition) is 6. The van der Waals surface area contributed by atoms with E-state index in [1.54, 1.807) is 11.3 Å². The molecule has 0 aliphatic rings. The second-order valence-corrected chi connectivity index (χ2v) is 6.53. The second kappa shape index (κ2) is 6.37. The Labute approximate surface area is 123 Å². The van der Waals surface area contributed by atoms with Crippen molar-refractivity contribution in [3.8, 4) is 0 Å². The lowest BCUT2D eigenvalue weighted by atomic mass is 9.95. The van der Waals surface area contributed by atoms with Gasteiger partial charge in [-0.25, -0.2) is 4.98 Å². The Morgan fingerprint density at radius 2 is 2.10 bits per heavy atom. The number of aliphatic hydroxyl groups excluding tert-OH is 1. The summed E-state index contributed by atoms with van der Waals surface area (Å²) in [5.74, 6) is 1.49. The van der Waals surface area contributed by atoms with Crippen molar-refractivity contribution in [2.45, 2.75) is 27.2 Å². The van der Waals surface area contributed by atoms with Crippen molar-refractivity contribution >= 4 is 33.3 Å². The quantitative estimate of drug-likeness (QED) is 0.732. The summed E-state index contributed by atoms with van der Waals surface area (Å²) in [6.07, 6.45) is 1.03. The van der Waals surface area contributed by atoms with Crippen LogP contribution >= 0.6 is 11.3 Å². The fraction of sp³-hybridized carbons (Fsp3) is 0.571. The van der Waals surface area contributed by atoms with Gasteiger partial charge in [-0.05, 0) is 17.9 Å². The van der Waals surface area contributed by atoms with Gasteiger partial charge in [-0.2, -0.15) is 4.98 Å². The Morgan fingerprint density at radius 3 is 2.80 bits per heavy atom. The van der Waals surface area contributed by atoms with Crippen molar-refractivity contribution in [2.24, 2.45) is 5.41 Å². The zero-order valence-corrected chi connectivity index (χ0v) is 13.0. The van der Waals surface area contributed by atoms with E-state index in [-0.39, 0.29) is 12.0 Å². The van der Waals surface area contributed by atoms with E-state index in [1.807, 2.05) is 25.3 Å². The fourth-order valence-electron chi connectivity index (χ4n) is 1.68. The maximum absolute atomic E-state index is 9.33. The molecule has 0 saturated carbocycles. The molecule has 6 heteroatoms. The largest absolute Gasteiger partial charge is 0.396 e. The Hall–Kier alpha value is -1.40. The molecule has 3 N–H and O–H groups in total. The SMILES string of the molecule is CCCNc1nc(NCC(C)(C)CO)c2ccsc2n1. The summed E-state index contributed by atoms with van der Waals surface area (Å²) in [6, 6.07) is 2.03. The van der Waals surface area contributed by atoms with Crippen LogP contribution in [0, 0.1) is 5.41 Å². The molecule has 0 saturated heterocycles. The third-order valence-electron chi connectivity index (χ3n) is 3.02. The third kappa shape index (κ3) is 3.58. The van der Waals surface area contributed by atoms with E-state index in [9.17, 15) is 5.11 Å². The lowest BCUT2D eigenvalue weighted by Crippen LogP contribution is -2.27. The maximum atomic E-state index is 9.33. The maximum Gasteiger partial charge on any atom is 0.226 e. The van der Waals surface area contributed by atoms with Crippen LogP contribution in [0.15, 0.2) is 11.4 Å². The highest BCUT2D eigenvalue weighted by Crippen LogP contribution is 2.27. The van der Waals surface area contributed by atoms with Crippen LogP contribution < -0.4 is 10.6 Å². The highest BCUT2D eigenvalue weighted by molar-refractivity contribution is 7.16. The van der Waals surface area contributed by atoms with Gasteiger partial charge in [0.2, 0.25) is 5.95 Å². The zero-order chi connectivity index (χ0) is 14.6. The van der Waals surface area contributed by atoms with Gasteiger partial charge in [-0.3, -0.25) is 0 Å². The summed E-state index contributed by atoms with van der Waals surface area (Å²) in [4.78, 5) is 10.0. The van der Waals surface area contributed by atoms with Crippen LogP contribution in [0.5, 0.6) is 0 Å². The van der Waals surface area contributed by atoms with Gasteiger partial charge < -0.3 is 15.7 Å². The highest BCUT2D eigenvalue weighted by atomic mass is 32.1. The molecule has 0 atom stereocenters. The second-order valence-electron chi connectivity index (χ2n) is 5.64. The molecule has 2 aromatic rings. The lowest BCUT2D eigenvalue weighted by molar-refractivity contribution is 0.171. The molecule has 0 fully saturated rings. The number of fused-ring (bicyclic) bond motifs is 1. The molecular formula is C14H22N4OS. The molecule has 0 unspecified atom stereocenters. The average Bonchev–Trinajstić information content (AvgIpc) is 2.91. The number of anilines is 2. The Morgan fingerprint density at radius 1 is 1.30 bits per heavy atom. The molecule has 2 aromatic heterocycles. The van der Waals surface area contributed by atoms with Crippen molar-refractivity contribution in [1.29, 1.82) is 0 Å². The summed E-state index contributed by atoms with van der Waals surface area (Å²) in [5.41, 5.74) is -0.176. The molecule has 2 heterocycles. The smallest absolute Gasteiger partial charge is 0.226 e. The monoisotopic (exact) mass is 294 g/mol. The normalized spacial score (nSPS) is 11.8. The van der Waals surface area contributed by atoms with Gasteiger partial charge in [0.05, 0.1) is 5.39 Å². The van der Waals surface area contributed by atoms with Gasteiger partial charge in [0.1, 0.15) is 10.6 Å². The van der Waals surface area contributed by atoms with E-state index in [4.69, 9.17) is 0 Å². The first-order valence-corrected chi connectivity index (χ1v) is 7.77. The van der Waals surface area contributed by atoms with Crippen LogP contribution in [-0.4, -0.2) is 34.8 Å².